The van der Waals surface area contributed by atoms with Crippen LogP contribution in [0.3, 0.4) is 0 Å². The van der Waals surface area contributed by atoms with Gasteiger partial charge in [-0.05, 0) is 36.5 Å². The van der Waals surface area contributed by atoms with Crippen molar-refractivity contribution in [3.63, 3.8) is 0 Å². The molecular formula is C16H12FN3S. The van der Waals surface area contributed by atoms with Gasteiger partial charge < -0.3 is 10.6 Å². The zero-order chi connectivity index (χ0) is 14.7. The van der Waals surface area contributed by atoms with Gasteiger partial charge in [-0.15, -0.1) is 0 Å². The van der Waals surface area contributed by atoms with E-state index in [0.29, 0.717) is 10.8 Å². The molecule has 0 fully saturated rings. The third-order valence-corrected chi connectivity index (χ3v) is 3.17. The fourth-order valence-electron chi connectivity index (χ4n) is 1.99. The molecule has 0 aliphatic heterocycles. The summed E-state index contributed by atoms with van der Waals surface area (Å²) in [5, 5.41) is 7.15. The number of hydrogen-bond donors (Lipinski definition) is 2. The predicted octanol–water partition coefficient (Wildman–Crippen LogP) is 4.18. The summed E-state index contributed by atoms with van der Waals surface area (Å²) < 4.78 is 13.5. The maximum Gasteiger partial charge on any atom is 0.175 e. The summed E-state index contributed by atoms with van der Waals surface area (Å²) in [7, 11) is 0. The normalized spacial score (nSPS) is 10.3. The molecule has 0 aliphatic rings. The van der Waals surface area contributed by atoms with Gasteiger partial charge in [0.15, 0.2) is 5.11 Å². The van der Waals surface area contributed by atoms with Crippen LogP contribution in [0.5, 0.6) is 0 Å². The van der Waals surface area contributed by atoms with E-state index in [2.05, 4.69) is 15.6 Å². The second kappa shape index (κ2) is 5.85. The molecule has 0 saturated carbocycles. The topological polar surface area (TPSA) is 37.0 Å². The highest BCUT2D eigenvalue weighted by Crippen LogP contribution is 2.17. The summed E-state index contributed by atoms with van der Waals surface area (Å²) in [5.74, 6) is -0.349. The fraction of sp³-hybridized carbons (Fsp3) is 0. The van der Waals surface area contributed by atoms with Crippen LogP contribution < -0.4 is 10.6 Å². The van der Waals surface area contributed by atoms with Gasteiger partial charge in [-0.3, -0.25) is 4.98 Å². The number of rotatable bonds is 2. The van der Waals surface area contributed by atoms with Gasteiger partial charge in [0.1, 0.15) is 5.82 Å². The lowest BCUT2D eigenvalue weighted by molar-refractivity contribution is 0.632. The average Bonchev–Trinajstić information content (AvgIpc) is 2.49. The molecule has 5 heteroatoms. The van der Waals surface area contributed by atoms with Crippen molar-refractivity contribution < 1.29 is 4.39 Å². The van der Waals surface area contributed by atoms with Crippen LogP contribution in [0.4, 0.5) is 15.8 Å². The first-order chi connectivity index (χ1) is 10.2. The number of pyridine rings is 1. The molecule has 0 spiro atoms. The Bertz CT molecular complexity index is 804. The molecule has 0 aliphatic carbocycles. The zero-order valence-corrected chi connectivity index (χ0v) is 11.8. The van der Waals surface area contributed by atoms with Gasteiger partial charge in [0, 0.05) is 5.39 Å². The van der Waals surface area contributed by atoms with E-state index in [9.17, 15) is 4.39 Å². The molecule has 1 heterocycles. The number of aromatic nitrogens is 1. The summed E-state index contributed by atoms with van der Waals surface area (Å²) >= 11 is 5.18. The molecule has 0 saturated heterocycles. The number of nitrogens with one attached hydrogen (secondary N) is 2. The Morgan fingerprint density at radius 2 is 1.76 bits per heavy atom. The van der Waals surface area contributed by atoms with Crippen molar-refractivity contribution in [2.75, 3.05) is 10.6 Å². The highest BCUT2D eigenvalue weighted by molar-refractivity contribution is 7.80. The van der Waals surface area contributed by atoms with Crippen LogP contribution in [0, 0.1) is 5.82 Å². The summed E-state index contributed by atoms with van der Waals surface area (Å²) in [5.41, 5.74) is 2.00. The van der Waals surface area contributed by atoms with Gasteiger partial charge in [0.05, 0.1) is 23.1 Å². The molecule has 3 rings (SSSR count). The maximum absolute atomic E-state index is 13.5. The second-order valence-electron chi connectivity index (χ2n) is 4.48. The minimum Gasteiger partial charge on any atom is -0.331 e. The SMILES string of the molecule is Fc1ccccc1NC(=S)Nc1cnc2ccccc2c1. The lowest BCUT2D eigenvalue weighted by atomic mass is 10.2. The van der Waals surface area contributed by atoms with Gasteiger partial charge in [0.2, 0.25) is 0 Å². The fourth-order valence-corrected chi connectivity index (χ4v) is 2.21. The van der Waals surface area contributed by atoms with Crippen molar-refractivity contribution in [1.29, 1.82) is 0 Å². The summed E-state index contributed by atoms with van der Waals surface area (Å²) in [4.78, 5) is 4.33. The van der Waals surface area contributed by atoms with Crippen LogP contribution >= 0.6 is 12.2 Å². The molecule has 0 bridgehead atoms. The maximum atomic E-state index is 13.5. The molecule has 0 amide bonds. The first-order valence-electron chi connectivity index (χ1n) is 6.40. The van der Waals surface area contributed by atoms with Crippen LogP contribution in [0.15, 0.2) is 60.8 Å². The van der Waals surface area contributed by atoms with Crippen molar-refractivity contribution in [3.8, 4) is 0 Å². The molecule has 104 valence electrons. The molecule has 21 heavy (non-hydrogen) atoms. The van der Waals surface area contributed by atoms with Crippen molar-refractivity contribution in [3.05, 3.63) is 66.6 Å². The zero-order valence-electron chi connectivity index (χ0n) is 11.0. The number of halogens is 1. The van der Waals surface area contributed by atoms with Crippen molar-refractivity contribution in [2.45, 2.75) is 0 Å². The van der Waals surface area contributed by atoms with Gasteiger partial charge in [0.25, 0.3) is 0 Å². The first kappa shape index (κ1) is 13.5. The number of nitrogens with zero attached hydrogens (tertiary/aromatic N) is 1. The Hall–Kier alpha value is -2.53. The number of thiocarbonyl (C=S) groups is 1. The summed E-state index contributed by atoms with van der Waals surface area (Å²) in [6, 6.07) is 16.1. The Morgan fingerprint density at radius 1 is 1.00 bits per heavy atom. The van der Waals surface area contributed by atoms with Crippen LogP contribution in [-0.2, 0) is 0 Å². The monoisotopic (exact) mass is 297 g/mol. The summed E-state index contributed by atoms with van der Waals surface area (Å²) in [6.45, 7) is 0. The van der Waals surface area contributed by atoms with Crippen LogP contribution in [0.2, 0.25) is 0 Å². The van der Waals surface area contributed by atoms with E-state index in [1.807, 2.05) is 30.3 Å². The predicted molar refractivity (Wildman–Crippen MR) is 88.0 cm³/mol. The third-order valence-electron chi connectivity index (χ3n) is 2.97. The van der Waals surface area contributed by atoms with E-state index in [4.69, 9.17) is 12.2 Å². The first-order valence-corrected chi connectivity index (χ1v) is 6.80. The highest BCUT2D eigenvalue weighted by Gasteiger charge is 2.04. The number of para-hydroxylation sites is 2. The van der Waals surface area contributed by atoms with E-state index < -0.39 is 0 Å². The van der Waals surface area contributed by atoms with E-state index in [1.54, 1.807) is 24.4 Å². The van der Waals surface area contributed by atoms with Crippen molar-refractivity contribution >= 4 is 39.6 Å². The minimum atomic E-state index is -0.349. The molecule has 3 aromatic rings. The number of hydrogen-bond acceptors (Lipinski definition) is 2. The lowest BCUT2D eigenvalue weighted by Crippen LogP contribution is -2.19. The molecule has 3 nitrogen and oxygen atoms in total. The molecule has 0 radical (unpaired) electrons. The van der Waals surface area contributed by atoms with E-state index in [1.165, 1.54) is 6.07 Å². The van der Waals surface area contributed by atoms with Gasteiger partial charge in [-0.1, -0.05) is 30.3 Å². The Labute approximate surface area is 126 Å². The van der Waals surface area contributed by atoms with Crippen LogP contribution in [0.25, 0.3) is 10.9 Å². The van der Waals surface area contributed by atoms with Gasteiger partial charge in [-0.2, -0.15) is 0 Å². The van der Waals surface area contributed by atoms with Crippen molar-refractivity contribution in [1.82, 2.24) is 4.98 Å². The quantitative estimate of drug-likeness (QED) is 0.696. The smallest absolute Gasteiger partial charge is 0.175 e. The molecule has 1 aromatic heterocycles. The second-order valence-corrected chi connectivity index (χ2v) is 4.88. The average molecular weight is 297 g/mol. The largest absolute Gasteiger partial charge is 0.331 e. The van der Waals surface area contributed by atoms with E-state index in [-0.39, 0.29) is 5.82 Å². The molecular weight excluding hydrogens is 285 g/mol. The van der Waals surface area contributed by atoms with Crippen LogP contribution in [-0.4, -0.2) is 10.1 Å². The lowest BCUT2D eigenvalue weighted by Gasteiger charge is -2.11. The number of anilines is 2. The Balaban J connectivity index is 1.75. The highest BCUT2D eigenvalue weighted by atomic mass is 32.1. The molecule has 0 atom stereocenters. The van der Waals surface area contributed by atoms with E-state index >= 15 is 0 Å². The van der Waals surface area contributed by atoms with Crippen molar-refractivity contribution in [2.24, 2.45) is 0 Å². The molecule has 0 unspecified atom stereocenters. The molecule has 2 N–H and O–H groups in total. The third kappa shape index (κ3) is 3.14. The molecule has 2 aromatic carbocycles. The van der Waals surface area contributed by atoms with Gasteiger partial charge in [-0.25, -0.2) is 4.39 Å². The Kier molecular flexibility index (Phi) is 3.75. The number of fused-ring (bicyclic) bond motifs is 1. The Morgan fingerprint density at radius 3 is 2.62 bits per heavy atom. The minimum absolute atomic E-state index is 0.317. The summed E-state index contributed by atoms with van der Waals surface area (Å²) in [6.07, 6.45) is 1.69. The van der Waals surface area contributed by atoms with Gasteiger partial charge >= 0.3 is 0 Å². The number of benzene rings is 2. The van der Waals surface area contributed by atoms with Crippen LogP contribution in [0.1, 0.15) is 0 Å². The van der Waals surface area contributed by atoms with E-state index in [0.717, 1.165) is 16.6 Å². The standard InChI is InChI=1S/C16H12FN3S/c17-13-6-2-4-8-15(13)20-16(21)19-12-9-11-5-1-3-7-14(11)18-10-12/h1-10H,(H2,19,20,21).